The molecule has 3 heterocycles. The third kappa shape index (κ3) is 2.97. The van der Waals surface area contributed by atoms with Gasteiger partial charge in [0, 0.05) is 35.6 Å². The number of aryl methyl sites for hydroxylation is 2. The van der Waals surface area contributed by atoms with Crippen LogP contribution in [0, 0.1) is 13.8 Å². The Morgan fingerprint density at radius 3 is 2.85 bits per heavy atom. The van der Waals surface area contributed by atoms with Crippen LogP contribution in [0.2, 0.25) is 0 Å². The molecular formula is C18H17N5O3. The van der Waals surface area contributed by atoms with Gasteiger partial charge in [0.05, 0.1) is 5.69 Å². The van der Waals surface area contributed by atoms with Gasteiger partial charge in [0.2, 0.25) is 0 Å². The number of para-hydroxylation sites is 1. The van der Waals surface area contributed by atoms with Crippen molar-refractivity contribution < 1.29 is 13.8 Å². The number of benzene rings is 1. The van der Waals surface area contributed by atoms with Gasteiger partial charge in [-0.05, 0) is 25.5 Å². The van der Waals surface area contributed by atoms with E-state index < -0.39 is 5.91 Å². The van der Waals surface area contributed by atoms with E-state index in [1.165, 1.54) is 0 Å². The molecule has 8 nitrogen and oxygen atoms in total. The smallest absolute Gasteiger partial charge is 0.315 e. The summed E-state index contributed by atoms with van der Waals surface area (Å²) in [4.78, 5) is 19.6. The number of hydrogen-bond donors (Lipinski definition) is 2. The van der Waals surface area contributed by atoms with Gasteiger partial charge in [0.1, 0.15) is 5.76 Å². The Hall–Kier alpha value is -3.42. The van der Waals surface area contributed by atoms with Crippen molar-refractivity contribution in [2.45, 2.75) is 26.8 Å². The van der Waals surface area contributed by atoms with E-state index in [0.29, 0.717) is 24.6 Å². The van der Waals surface area contributed by atoms with Crippen LogP contribution in [0.5, 0.6) is 0 Å². The maximum Gasteiger partial charge on any atom is 0.315 e. The van der Waals surface area contributed by atoms with Crippen LogP contribution in [0.1, 0.15) is 39.1 Å². The highest BCUT2D eigenvalue weighted by Crippen LogP contribution is 2.20. The Labute approximate surface area is 148 Å². The first-order valence-electron chi connectivity index (χ1n) is 8.19. The lowest BCUT2D eigenvalue weighted by Crippen LogP contribution is -2.23. The van der Waals surface area contributed by atoms with E-state index in [1.807, 2.05) is 37.4 Å². The summed E-state index contributed by atoms with van der Waals surface area (Å²) in [6.45, 7) is 3.91. The highest BCUT2D eigenvalue weighted by molar-refractivity contribution is 5.89. The van der Waals surface area contributed by atoms with Gasteiger partial charge in [-0.25, -0.2) is 0 Å². The lowest BCUT2D eigenvalue weighted by Gasteiger charge is -2.00. The van der Waals surface area contributed by atoms with E-state index >= 15 is 0 Å². The second kappa shape index (κ2) is 6.47. The molecule has 0 aliphatic rings. The molecule has 0 aliphatic heterocycles. The van der Waals surface area contributed by atoms with Gasteiger partial charge in [0.15, 0.2) is 5.82 Å². The Balaban J connectivity index is 1.45. The fraction of sp³-hybridized carbons (Fsp3) is 0.222. The first kappa shape index (κ1) is 16.1. The van der Waals surface area contributed by atoms with Crippen molar-refractivity contribution in [3.05, 3.63) is 64.8 Å². The molecule has 0 fully saturated rings. The first-order chi connectivity index (χ1) is 12.6. The Bertz CT molecular complexity index is 1060. The van der Waals surface area contributed by atoms with Crippen molar-refractivity contribution in [2.75, 3.05) is 0 Å². The molecule has 0 spiro atoms. The van der Waals surface area contributed by atoms with E-state index in [1.54, 1.807) is 6.92 Å². The average Bonchev–Trinajstić information content (AvgIpc) is 3.35. The zero-order chi connectivity index (χ0) is 18.1. The molecule has 8 heteroatoms. The van der Waals surface area contributed by atoms with Crippen LogP contribution in [-0.2, 0) is 13.0 Å². The van der Waals surface area contributed by atoms with Crippen LogP contribution in [0.15, 0.2) is 39.5 Å². The van der Waals surface area contributed by atoms with Crippen LogP contribution in [0.25, 0.3) is 10.9 Å². The third-order valence-corrected chi connectivity index (χ3v) is 4.29. The standard InChI is InChI=1S/C18H17N5O3/c1-10-14(11(2)25-22-10)9-20-17(24)18-21-16(23-26-18)7-12-8-19-15-6-4-3-5-13(12)15/h3-6,8,19H,7,9H2,1-2H3,(H,20,24). The summed E-state index contributed by atoms with van der Waals surface area (Å²) >= 11 is 0. The van der Waals surface area contributed by atoms with E-state index in [4.69, 9.17) is 9.05 Å². The summed E-state index contributed by atoms with van der Waals surface area (Å²) in [6.07, 6.45) is 2.39. The minimum atomic E-state index is -0.428. The predicted octanol–water partition coefficient (Wildman–Crippen LogP) is 2.68. The van der Waals surface area contributed by atoms with Gasteiger partial charge < -0.3 is 19.3 Å². The summed E-state index contributed by atoms with van der Waals surface area (Å²) in [5, 5.41) is 11.6. The highest BCUT2D eigenvalue weighted by Gasteiger charge is 2.17. The largest absolute Gasteiger partial charge is 0.361 e. The molecule has 0 saturated heterocycles. The van der Waals surface area contributed by atoms with Crippen LogP contribution in [0.3, 0.4) is 0 Å². The van der Waals surface area contributed by atoms with Gasteiger partial charge in [-0.3, -0.25) is 4.79 Å². The molecule has 132 valence electrons. The SMILES string of the molecule is Cc1noc(C)c1CNC(=O)c1nc(Cc2c[nH]c3ccccc23)no1. The number of amides is 1. The molecule has 0 unspecified atom stereocenters. The van der Waals surface area contributed by atoms with Crippen molar-refractivity contribution >= 4 is 16.8 Å². The number of fused-ring (bicyclic) bond motifs is 1. The van der Waals surface area contributed by atoms with Crippen molar-refractivity contribution in [1.82, 2.24) is 25.6 Å². The van der Waals surface area contributed by atoms with Crippen molar-refractivity contribution in [3.8, 4) is 0 Å². The summed E-state index contributed by atoms with van der Waals surface area (Å²) < 4.78 is 10.2. The molecule has 3 aromatic heterocycles. The molecule has 0 radical (unpaired) electrons. The van der Waals surface area contributed by atoms with Crippen molar-refractivity contribution in [1.29, 1.82) is 0 Å². The Morgan fingerprint density at radius 1 is 1.19 bits per heavy atom. The molecule has 0 atom stereocenters. The Kier molecular flexibility index (Phi) is 4.00. The van der Waals surface area contributed by atoms with Crippen LogP contribution in [0.4, 0.5) is 0 Å². The predicted molar refractivity (Wildman–Crippen MR) is 92.5 cm³/mol. The van der Waals surface area contributed by atoms with Gasteiger partial charge in [-0.2, -0.15) is 4.98 Å². The molecule has 4 aromatic rings. The summed E-state index contributed by atoms with van der Waals surface area (Å²) in [7, 11) is 0. The molecule has 0 saturated carbocycles. The summed E-state index contributed by atoms with van der Waals surface area (Å²) in [5.41, 5.74) is 3.68. The van der Waals surface area contributed by atoms with E-state index in [9.17, 15) is 4.79 Å². The minimum Gasteiger partial charge on any atom is -0.361 e. The lowest BCUT2D eigenvalue weighted by atomic mass is 10.1. The number of nitrogens with one attached hydrogen (secondary N) is 2. The molecule has 0 bridgehead atoms. The lowest BCUT2D eigenvalue weighted by molar-refractivity contribution is 0.0907. The Morgan fingerprint density at radius 2 is 2.04 bits per heavy atom. The second-order valence-electron chi connectivity index (χ2n) is 6.04. The molecule has 0 aliphatic carbocycles. The molecular weight excluding hydrogens is 334 g/mol. The number of hydrogen-bond acceptors (Lipinski definition) is 6. The van der Waals surface area contributed by atoms with Gasteiger partial charge in [0.25, 0.3) is 0 Å². The number of nitrogens with zero attached hydrogens (tertiary/aromatic N) is 3. The maximum absolute atomic E-state index is 12.2. The summed E-state index contributed by atoms with van der Waals surface area (Å²) in [6, 6.07) is 7.98. The van der Waals surface area contributed by atoms with Crippen LogP contribution < -0.4 is 5.32 Å². The van der Waals surface area contributed by atoms with Gasteiger partial charge in [-0.1, -0.05) is 28.5 Å². The molecule has 2 N–H and O–H groups in total. The van der Waals surface area contributed by atoms with Gasteiger partial charge in [-0.15, -0.1) is 0 Å². The molecule has 26 heavy (non-hydrogen) atoms. The van der Waals surface area contributed by atoms with E-state index in [-0.39, 0.29) is 5.89 Å². The number of aromatic nitrogens is 4. The quantitative estimate of drug-likeness (QED) is 0.572. The van der Waals surface area contributed by atoms with Gasteiger partial charge >= 0.3 is 11.8 Å². The average molecular weight is 351 g/mol. The molecule has 1 amide bonds. The van der Waals surface area contributed by atoms with E-state index in [0.717, 1.165) is 27.7 Å². The highest BCUT2D eigenvalue weighted by atomic mass is 16.5. The van der Waals surface area contributed by atoms with E-state index in [2.05, 4.69) is 25.6 Å². The number of H-pyrrole nitrogens is 1. The topological polar surface area (TPSA) is 110 Å². The normalized spacial score (nSPS) is 11.2. The zero-order valence-corrected chi connectivity index (χ0v) is 14.4. The number of carbonyl (C=O) groups excluding carboxylic acids is 1. The maximum atomic E-state index is 12.2. The number of carbonyl (C=O) groups is 1. The summed E-state index contributed by atoms with van der Waals surface area (Å²) in [5.74, 6) is 0.639. The van der Waals surface area contributed by atoms with Crippen molar-refractivity contribution in [2.24, 2.45) is 0 Å². The first-order valence-corrected chi connectivity index (χ1v) is 8.19. The van der Waals surface area contributed by atoms with Crippen LogP contribution >= 0.6 is 0 Å². The molecule has 1 aromatic carbocycles. The second-order valence-corrected chi connectivity index (χ2v) is 6.04. The number of aromatic amines is 1. The van der Waals surface area contributed by atoms with Crippen LogP contribution in [-0.4, -0.2) is 26.2 Å². The molecule has 4 rings (SSSR count). The monoisotopic (exact) mass is 351 g/mol. The fourth-order valence-electron chi connectivity index (χ4n) is 2.86. The van der Waals surface area contributed by atoms with Crippen molar-refractivity contribution in [3.63, 3.8) is 0 Å². The zero-order valence-electron chi connectivity index (χ0n) is 14.4. The third-order valence-electron chi connectivity index (χ3n) is 4.29. The number of rotatable bonds is 5. The minimum absolute atomic E-state index is 0.0633. The fourth-order valence-corrected chi connectivity index (χ4v) is 2.86.